The number of hydrogen-bond donors (Lipinski definition) is 1. The topological polar surface area (TPSA) is 105 Å². The lowest BCUT2D eigenvalue weighted by Gasteiger charge is -2.26. The van der Waals surface area contributed by atoms with Crippen LogP contribution in [0.15, 0.2) is 18.2 Å². The highest BCUT2D eigenvalue weighted by Gasteiger charge is 2.46. The Morgan fingerprint density at radius 2 is 1.69 bits per heavy atom. The van der Waals surface area contributed by atoms with Crippen LogP contribution in [-0.2, 0) is 14.4 Å². The van der Waals surface area contributed by atoms with E-state index in [2.05, 4.69) is 5.32 Å². The number of hydrogen-bond acceptors (Lipinski definition) is 6. The van der Waals surface area contributed by atoms with E-state index in [1.807, 2.05) is 26.0 Å². The first-order chi connectivity index (χ1) is 13.7. The summed E-state index contributed by atoms with van der Waals surface area (Å²) in [7, 11) is 0. The zero-order chi connectivity index (χ0) is 21.3. The van der Waals surface area contributed by atoms with Crippen molar-refractivity contribution in [3.05, 3.63) is 23.8 Å². The van der Waals surface area contributed by atoms with Gasteiger partial charge in [0.1, 0.15) is 19.8 Å². The van der Waals surface area contributed by atoms with Crippen molar-refractivity contribution >= 4 is 23.8 Å². The van der Waals surface area contributed by atoms with Crippen molar-refractivity contribution in [2.75, 3.05) is 19.8 Å². The minimum Gasteiger partial charge on any atom is -0.486 e. The second-order valence-electron chi connectivity index (χ2n) is 7.64. The van der Waals surface area contributed by atoms with Crippen LogP contribution in [0.4, 0.5) is 4.79 Å². The third kappa shape index (κ3) is 4.03. The fourth-order valence-corrected chi connectivity index (χ4v) is 3.37. The molecule has 9 nitrogen and oxygen atoms in total. The molecule has 2 aliphatic rings. The third-order valence-electron chi connectivity index (χ3n) is 4.81. The number of benzene rings is 1. The predicted molar refractivity (Wildman–Crippen MR) is 102 cm³/mol. The fraction of sp³-hybridized carbons (Fsp3) is 0.500. The highest BCUT2D eigenvalue weighted by Crippen LogP contribution is 2.34. The first-order valence-corrected chi connectivity index (χ1v) is 9.58. The molecule has 2 aliphatic heterocycles. The lowest BCUT2D eigenvalue weighted by Crippen LogP contribution is -2.44. The smallest absolute Gasteiger partial charge is 0.334 e. The van der Waals surface area contributed by atoms with Crippen LogP contribution < -0.4 is 14.8 Å². The molecule has 0 aromatic heterocycles. The van der Waals surface area contributed by atoms with Gasteiger partial charge in [-0.25, -0.2) is 9.69 Å². The molecule has 0 bridgehead atoms. The maximum atomic E-state index is 12.6. The third-order valence-corrected chi connectivity index (χ3v) is 4.81. The van der Waals surface area contributed by atoms with Gasteiger partial charge in [-0.05, 0) is 37.5 Å². The van der Waals surface area contributed by atoms with Crippen molar-refractivity contribution in [1.29, 1.82) is 0 Å². The van der Waals surface area contributed by atoms with Gasteiger partial charge in [-0.1, -0.05) is 19.9 Å². The van der Waals surface area contributed by atoms with Gasteiger partial charge in [-0.2, -0.15) is 0 Å². The van der Waals surface area contributed by atoms with E-state index in [0.29, 0.717) is 29.6 Å². The molecule has 9 heteroatoms. The second-order valence-corrected chi connectivity index (χ2v) is 7.64. The highest BCUT2D eigenvalue weighted by atomic mass is 16.6. The summed E-state index contributed by atoms with van der Waals surface area (Å²) < 4.78 is 11.1. The Hall–Kier alpha value is -3.10. The van der Waals surface area contributed by atoms with Gasteiger partial charge in [0.25, 0.3) is 0 Å². The lowest BCUT2D eigenvalue weighted by molar-refractivity contribution is -0.144. The zero-order valence-corrected chi connectivity index (χ0v) is 16.9. The maximum Gasteiger partial charge on any atom is 0.334 e. The SMILES string of the molecule is CC(C)[C@H](NC(=O)CN1C(=O)C(=O)N(C(C)C)C1=O)c1ccc2c(c1)OCCO2. The molecule has 0 aliphatic carbocycles. The number of amides is 5. The van der Waals surface area contributed by atoms with E-state index in [1.54, 1.807) is 19.9 Å². The van der Waals surface area contributed by atoms with E-state index >= 15 is 0 Å². The van der Waals surface area contributed by atoms with Crippen molar-refractivity contribution < 1.29 is 28.7 Å². The Kier molecular flexibility index (Phi) is 5.76. The van der Waals surface area contributed by atoms with Gasteiger partial charge in [-0.15, -0.1) is 0 Å². The molecule has 156 valence electrons. The highest BCUT2D eigenvalue weighted by molar-refractivity contribution is 6.45. The van der Waals surface area contributed by atoms with Crippen LogP contribution in [0.5, 0.6) is 11.5 Å². The second kappa shape index (κ2) is 8.10. The minimum atomic E-state index is -0.987. The number of ether oxygens (including phenoxy) is 2. The summed E-state index contributed by atoms with van der Waals surface area (Å²) in [4.78, 5) is 50.6. The summed E-state index contributed by atoms with van der Waals surface area (Å²) in [5, 5.41) is 2.86. The number of carbonyl (C=O) groups excluding carboxylic acids is 4. The largest absolute Gasteiger partial charge is 0.486 e. The molecule has 1 atom stereocenters. The molecular formula is C20H25N3O6. The molecule has 1 aromatic carbocycles. The van der Waals surface area contributed by atoms with Gasteiger partial charge in [0.2, 0.25) is 5.91 Å². The van der Waals surface area contributed by atoms with Crippen LogP contribution in [0.25, 0.3) is 0 Å². The van der Waals surface area contributed by atoms with E-state index in [4.69, 9.17) is 9.47 Å². The molecule has 29 heavy (non-hydrogen) atoms. The first-order valence-electron chi connectivity index (χ1n) is 9.58. The number of fused-ring (bicyclic) bond motifs is 1. The summed E-state index contributed by atoms with van der Waals surface area (Å²) in [5.41, 5.74) is 0.816. The van der Waals surface area contributed by atoms with Crippen molar-refractivity contribution in [3.8, 4) is 11.5 Å². The van der Waals surface area contributed by atoms with Crippen LogP contribution >= 0.6 is 0 Å². The van der Waals surface area contributed by atoms with Gasteiger partial charge in [0.05, 0.1) is 6.04 Å². The minimum absolute atomic E-state index is 0.0280. The Labute approximate surface area is 168 Å². The van der Waals surface area contributed by atoms with Gasteiger partial charge in [0.15, 0.2) is 11.5 Å². The molecule has 5 amide bonds. The molecule has 0 saturated carbocycles. The summed E-state index contributed by atoms with van der Waals surface area (Å²) in [6, 6.07) is 3.84. The van der Waals surface area contributed by atoms with Crippen LogP contribution in [0.3, 0.4) is 0 Å². The van der Waals surface area contributed by atoms with Crippen molar-refractivity contribution in [3.63, 3.8) is 0 Å². The van der Waals surface area contributed by atoms with Gasteiger partial charge in [-0.3, -0.25) is 19.3 Å². The molecule has 3 rings (SSSR count). The van der Waals surface area contributed by atoms with Crippen molar-refractivity contribution in [1.82, 2.24) is 15.1 Å². The lowest BCUT2D eigenvalue weighted by atomic mass is 9.95. The van der Waals surface area contributed by atoms with Gasteiger partial charge < -0.3 is 14.8 Å². The number of carbonyl (C=O) groups is 4. The van der Waals surface area contributed by atoms with E-state index in [0.717, 1.165) is 10.5 Å². The number of nitrogens with zero attached hydrogens (tertiary/aromatic N) is 2. The Morgan fingerprint density at radius 1 is 1.03 bits per heavy atom. The van der Waals surface area contributed by atoms with Crippen LogP contribution in [0, 0.1) is 5.92 Å². The molecule has 2 heterocycles. The van der Waals surface area contributed by atoms with E-state index in [9.17, 15) is 19.2 Å². The number of imide groups is 2. The Bertz CT molecular complexity index is 851. The van der Waals surface area contributed by atoms with E-state index in [1.165, 1.54) is 0 Å². The fourth-order valence-electron chi connectivity index (χ4n) is 3.37. The van der Waals surface area contributed by atoms with Crippen LogP contribution in [-0.4, -0.2) is 59.4 Å². The number of nitrogens with one attached hydrogen (secondary N) is 1. The van der Waals surface area contributed by atoms with E-state index < -0.39 is 36.3 Å². The monoisotopic (exact) mass is 403 g/mol. The number of rotatable bonds is 6. The molecule has 0 unspecified atom stereocenters. The molecule has 1 fully saturated rings. The zero-order valence-electron chi connectivity index (χ0n) is 16.9. The molecule has 0 radical (unpaired) electrons. The first kappa shape index (κ1) is 20.6. The van der Waals surface area contributed by atoms with E-state index in [-0.39, 0.29) is 12.0 Å². The summed E-state index contributed by atoms with van der Waals surface area (Å²) >= 11 is 0. The summed E-state index contributed by atoms with van der Waals surface area (Å²) in [5.74, 6) is -1.14. The summed E-state index contributed by atoms with van der Waals surface area (Å²) in [6.07, 6.45) is 0. The predicted octanol–water partition coefficient (Wildman–Crippen LogP) is 1.47. The average molecular weight is 403 g/mol. The molecule has 1 N–H and O–H groups in total. The quantitative estimate of drug-likeness (QED) is 0.570. The van der Waals surface area contributed by atoms with Crippen molar-refractivity contribution in [2.45, 2.75) is 39.8 Å². The van der Waals surface area contributed by atoms with Crippen LogP contribution in [0.2, 0.25) is 0 Å². The molecule has 1 aromatic rings. The summed E-state index contributed by atoms with van der Waals surface area (Å²) in [6.45, 7) is 7.57. The molecule has 1 saturated heterocycles. The Balaban J connectivity index is 1.73. The standard InChI is InChI=1S/C20H25N3O6/c1-11(2)17(13-5-6-14-15(9-13)29-8-7-28-14)21-16(24)10-22-18(25)19(26)23(12(3)4)20(22)27/h5-6,9,11-12,17H,7-8,10H2,1-4H3,(H,21,24)/t17-/m0/s1. The van der Waals surface area contributed by atoms with Crippen molar-refractivity contribution in [2.24, 2.45) is 5.92 Å². The molecular weight excluding hydrogens is 378 g/mol. The van der Waals surface area contributed by atoms with Crippen LogP contribution in [0.1, 0.15) is 39.3 Å². The normalized spacial score (nSPS) is 17.4. The average Bonchev–Trinajstić information content (AvgIpc) is 2.88. The maximum absolute atomic E-state index is 12.6. The van der Waals surface area contributed by atoms with Gasteiger partial charge in [0, 0.05) is 6.04 Å². The molecule has 0 spiro atoms. The number of urea groups is 1. The van der Waals surface area contributed by atoms with Gasteiger partial charge >= 0.3 is 17.8 Å². The Morgan fingerprint density at radius 3 is 2.28 bits per heavy atom.